The van der Waals surface area contributed by atoms with E-state index in [2.05, 4.69) is 0 Å². The molecule has 0 radical (unpaired) electrons. The SMILES string of the molecule is O=C(CCCC(=O)Oc1ccc(-c2cc(F)c(F)c(F)c2)cc1)Oc1ccc(-c2cc(F)c(F)c(F)c2)cc1. The van der Waals surface area contributed by atoms with Crippen molar-refractivity contribution in [3.63, 3.8) is 0 Å². The summed E-state index contributed by atoms with van der Waals surface area (Å²) in [5.74, 6) is -9.36. The second-order valence-corrected chi connectivity index (χ2v) is 8.36. The van der Waals surface area contributed by atoms with Crippen LogP contribution in [-0.4, -0.2) is 11.9 Å². The zero-order chi connectivity index (χ0) is 28.1. The smallest absolute Gasteiger partial charge is 0.311 e. The van der Waals surface area contributed by atoms with E-state index in [-0.39, 0.29) is 41.9 Å². The van der Waals surface area contributed by atoms with Crippen molar-refractivity contribution in [2.45, 2.75) is 19.3 Å². The maximum atomic E-state index is 13.4. The summed E-state index contributed by atoms with van der Waals surface area (Å²) in [5.41, 5.74) is 0.965. The van der Waals surface area contributed by atoms with Crippen LogP contribution in [0, 0.1) is 34.9 Å². The third kappa shape index (κ3) is 6.84. The van der Waals surface area contributed by atoms with Crippen molar-refractivity contribution in [1.29, 1.82) is 0 Å². The average molecular weight is 544 g/mol. The summed E-state index contributed by atoms with van der Waals surface area (Å²) >= 11 is 0. The predicted octanol–water partition coefficient (Wildman–Crippen LogP) is 7.54. The Balaban J connectivity index is 1.24. The first-order valence-corrected chi connectivity index (χ1v) is 11.5. The van der Waals surface area contributed by atoms with Gasteiger partial charge < -0.3 is 9.47 Å². The average Bonchev–Trinajstić information content (AvgIpc) is 2.90. The van der Waals surface area contributed by atoms with Gasteiger partial charge in [0.25, 0.3) is 0 Å². The van der Waals surface area contributed by atoms with Gasteiger partial charge in [-0.1, -0.05) is 24.3 Å². The quantitative estimate of drug-likeness (QED) is 0.0996. The number of carbonyl (C=O) groups excluding carboxylic acids is 2. The molecule has 0 heterocycles. The molecule has 39 heavy (non-hydrogen) atoms. The molecule has 0 unspecified atom stereocenters. The van der Waals surface area contributed by atoms with Gasteiger partial charge in [0.1, 0.15) is 11.5 Å². The van der Waals surface area contributed by atoms with E-state index in [1.54, 1.807) is 0 Å². The molecule has 200 valence electrons. The number of hydrogen-bond acceptors (Lipinski definition) is 4. The summed E-state index contributed by atoms with van der Waals surface area (Å²) in [7, 11) is 0. The van der Waals surface area contributed by atoms with Crippen molar-refractivity contribution < 1.29 is 45.4 Å². The molecule has 0 atom stereocenters. The highest BCUT2D eigenvalue weighted by molar-refractivity contribution is 5.76. The summed E-state index contributed by atoms with van der Waals surface area (Å²) in [5, 5.41) is 0. The Morgan fingerprint density at radius 1 is 0.487 bits per heavy atom. The predicted molar refractivity (Wildman–Crippen MR) is 129 cm³/mol. The molecule has 0 amide bonds. The molecule has 4 aromatic rings. The largest absolute Gasteiger partial charge is 0.427 e. The molecule has 0 fully saturated rings. The highest BCUT2D eigenvalue weighted by Crippen LogP contribution is 2.27. The van der Waals surface area contributed by atoms with Gasteiger partial charge in [0.05, 0.1) is 0 Å². The maximum absolute atomic E-state index is 13.4. The van der Waals surface area contributed by atoms with Crippen LogP contribution in [0.4, 0.5) is 26.3 Å². The summed E-state index contributed by atoms with van der Waals surface area (Å²) < 4.78 is 90.4. The van der Waals surface area contributed by atoms with Gasteiger partial charge in [-0.2, -0.15) is 0 Å². The minimum atomic E-state index is -1.57. The zero-order valence-electron chi connectivity index (χ0n) is 20.0. The summed E-state index contributed by atoms with van der Waals surface area (Å²) in [6.45, 7) is 0. The Labute approximate surface area is 218 Å². The molecular weight excluding hydrogens is 526 g/mol. The van der Waals surface area contributed by atoms with Gasteiger partial charge in [0.2, 0.25) is 0 Å². The lowest BCUT2D eigenvalue weighted by Gasteiger charge is -2.08. The second-order valence-electron chi connectivity index (χ2n) is 8.36. The third-order valence-corrected chi connectivity index (χ3v) is 5.57. The van der Waals surface area contributed by atoms with Crippen LogP contribution in [0.2, 0.25) is 0 Å². The number of rotatable bonds is 8. The fourth-order valence-electron chi connectivity index (χ4n) is 3.62. The van der Waals surface area contributed by atoms with Gasteiger partial charge in [-0.15, -0.1) is 0 Å². The lowest BCUT2D eigenvalue weighted by Crippen LogP contribution is -2.11. The van der Waals surface area contributed by atoms with Gasteiger partial charge in [-0.3, -0.25) is 9.59 Å². The first-order chi connectivity index (χ1) is 18.6. The molecular formula is C29H18F6O4. The third-order valence-electron chi connectivity index (χ3n) is 5.57. The lowest BCUT2D eigenvalue weighted by atomic mass is 10.1. The van der Waals surface area contributed by atoms with E-state index >= 15 is 0 Å². The lowest BCUT2D eigenvalue weighted by molar-refractivity contribution is -0.136. The van der Waals surface area contributed by atoms with Crippen molar-refractivity contribution in [2.24, 2.45) is 0 Å². The van der Waals surface area contributed by atoms with Crippen LogP contribution in [0.5, 0.6) is 11.5 Å². The standard InChI is InChI=1S/C29H18F6O4/c30-22-12-18(13-23(31)28(22)34)16-4-8-20(9-5-16)38-26(36)2-1-3-27(37)39-21-10-6-17(7-11-21)19-14-24(32)29(35)25(33)15-19/h4-15H,1-3H2. The van der Waals surface area contributed by atoms with Crippen LogP contribution >= 0.6 is 0 Å². The summed E-state index contributed by atoms with van der Waals surface area (Å²) in [6.07, 6.45) is -0.0894. The van der Waals surface area contributed by atoms with E-state index in [9.17, 15) is 35.9 Å². The summed E-state index contributed by atoms with van der Waals surface area (Å²) in [6, 6.07) is 14.8. The number of halogens is 6. The number of benzene rings is 4. The highest BCUT2D eigenvalue weighted by Gasteiger charge is 2.14. The van der Waals surface area contributed by atoms with E-state index in [0.29, 0.717) is 11.1 Å². The van der Waals surface area contributed by atoms with Gasteiger partial charge in [-0.05, 0) is 77.2 Å². The Kier molecular flexibility index (Phi) is 8.33. The first kappa shape index (κ1) is 27.4. The van der Waals surface area contributed by atoms with Crippen molar-refractivity contribution in [2.75, 3.05) is 0 Å². The zero-order valence-corrected chi connectivity index (χ0v) is 20.0. The first-order valence-electron chi connectivity index (χ1n) is 11.5. The van der Waals surface area contributed by atoms with Crippen LogP contribution in [0.1, 0.15) is 19.3 Å². The molecule has 0 aliphatic heterocycles. The van der Waals surface area contributed by atoms with Crippen LogP contribution in [0.25, 0.3) is 22.3 Å². The number of carbonyl (C=O) groups is 2. The molecule has 0 aliphatic carbocycles. The van der Waals surface area contributed by atoms with E-state index in [1.165, 1.54) is 48.5 Å². The van der Waals surface area contributed by atoms with Crippen LogP contribution in [0.3, 0.4) is 0 Å². The Bertz CT molecular complexity index is 1360. The van der Waals surface area contributed by atoms with E-state index in [0.717, 1.165) is 24.3 Å². The molecule has 0 aliphatic rings. The van der Waals surface area contributed by atoms with Crippen molar-refractivity contribution in [1.82, 2.24) is 0 Å². The molecule has 4 aromatic carbocycles. The van der Waals surface area contributed by atoms with Gasteiger partial charge in [0, 0.05) is 12.8 Å². The highest BCUT2D eigenvalue weighted by atomic mass is 19.2. The molecule has 10 heteroatoms. The molecule has 4 nitrogen and oxygen atoms in total. The van der Waals surface area contributed by atoms with E-state index in [4.69, 9.17) is 9.47 Å². The second kappa shape index (κ2) is 11.8. The number of esters is 2. The molecule has 0 spiro atoms. The van der Waals surface area contributed by atoms with Crippen molar-refractivity contribution in [3.05, 3.63) is 108 Å². The molecule has 0 saturated heterocycles. The minimum absolute atomic E-state index is 0.105. The maximum Gasteiger partial charge on any atom is 0.311 e. The fourth-order valence-corrected chi connectivity index (χ4v) is 3.62. The Morgan fingerprint density at radius 3 is 1.10 bits per heavy atom. The number of ether oxygens (including phenoxy) is 2. The van der Waals surface area contributed by atoms with Crippen LogP contribution < -0.4 is 9.47 Å². The van der Waals surface area contributed by atoms with Gasteiger partial charge >= 0.3 is 11.9 Å². The van der Waals surface area contributed by atoms with Gasteiger partial charge in [-0.25, -0.2) is 26.3 Å². The van der Waals surface area contributed by atoms with E-state index < -0.39 is 46.8 Å². The van der Waals surface area contributed by atoms with Crippen molar-refractivity contribution >= 4 is 11.9 Å². The molecule has 0 bridgehead atoms. The molecule has 0 saturated carbocycles. The molecule has 0 N–H and O–H groups in total. The van der Waals surface area contributed by atoms with Crippen LogP contribution in [-0.2, 0) is 9.59 Å². The number of hydrogen-bond donors (Lipinski definition) is 0. The van der Waals surface area contributed by atoms with Gasteiger partial charge in [0.15, 0.2) is 34.9 Å². The summed E-state index contributed by atoms with van der Waals surface area (Å²) in [4.78, 5) is 24.2. The Hall–Kier alpha value is -4.60. The Morgan fingerprint density at radius 2 is 0.795 bits per heavy atom. The fraction of sp³-hybridized carbons (Fsp3) is 0.103. The normalized spacial score (nSPS) is 10.8. The molecule has 0 aromatic heterocycles. The topological polar surface area (TPSA) is 52.6 Å². The molecule has 4 rings (SSSR count). The minimum Gasteiger partial charge on any atom is -0.427 e. The van der Waals surface area contributed by atoms with Crippen molar-refractivity contribution in [3.8, 4) is 33.8 Å². The monoisotopic (exact) mass is 544 g/mol. The van der Waals surface area contributed by atoms with Crippen LogP contribution in [0.15, 0.2) is 72.8 Å². The van der Waals surface area contributed by atoms with E-state index in [1.807, 2.05) is 0 Å².